The van der Waals surface area contributed by atoms with Crippen LogP contribution in [0.2, 0.25) is 0 Å². The SMILES string of the molecule is CN1CCN(C(=O)CCCN2CCCn3c4ccccc4c4nc5ccccc5c2c43)CC1. The summed E-state index contributed by atoms with van der Waals surface area (Å²) in [5, 5.41) is 2.44. The molecule has 2 aromatic carbocycles. The van der Waals surface area contributed by atoms with Crippen LogP contribution >= 0.6 is 0 Å². The molecule has 0 saturated carbocycles. The van der Waals surface area contributed by atoms with Gasteiger partial charge in [0.15, 0.2) is 0 Å². The molecule has 2 aliphatic heterocycles. The number of nitrogens with zero attached hydrogens (tertiary/aromatic N) is 5. The number of amides is 1. The van der Waals surface area contributed by atoms with Gasteiger partial charge < -0.3 is 19.3 Å². The van der Waals surface area contributed by atoms with E-state index in [4.69, 9.17) is 4.98 Å². The highest BCUT2D eigenvalue weighted by atomic mass is 16.2. The number of likely N-dealkylation sites (N-methyl/N-ethyl adjacent to an activating group) is 1. The molecule has 4 heterocycles. The summed E-state index contributed by atoms with van der Waals surface area (Å²) in [7, 11) is 2.13. The Bertz CT molecular complexity index is 1330. The molecule has 170 valence electrons. The predicted molar refractivity (Wildman–Crippen MR) is 135 cm³/mol. The monoisotopic (exact) mass is 441 g/mol. The maximum Gasteiger partial charge on any atom is 0.222 e. The molecule has 1 fully saturated rings. The lowest BCUT2D eigenvalue weighted by atomic mass is 10.1. The van der Waals surface area contributed by atoms with Gasteiger partial charge in [-0.3, -0.25) is 4.79 Å². The van der Waals surface area contributed by atoms with Crippen molar-refractivity contribution in [3.05, 3.63) is 48.5 Å². The molecule has 6 heteroatoms. The van der Waals surface area contributed by atoms with E-state index < -0.39 is 0 Å². The number of para-hydroxylation sites is 2. The van der Waals surface area contributed by atoms with Crippen molar-refractivity contribution in [2.75, 3.05) is 51.2 Å². The average Bonchev–Trinajstić information content (AvgIpc) is 3.02. The number of hydrogen-bond donors (Lipinski definition) is 0. The zero-order chi connectivity index (χ0) is 22.4. The Morgan fingerprint density at radius 2 is 1.67 bits per heavy atom. The van der Waals surface area contributed by atoms with Gasteiger partial charge in [-0.15, -0.1) is 0 Å². The Hall–Kier alpha value is -3.12. The van der Waals surface area contributed by atoms with Crippen LogP contribution in [0.1, 0.15) is 19.3 Å². The summed E-state index contributed by atoms with van der Waals surface area (Å²) in [4.78, 5) is 24.8. The van der Waals surface area contributed by atoms with Crippen LogP contribution in [0.5, 0.6) is 0 Å². The fourth-order valence-electron chi connectivity index (χ4n) is 5.60. The number of carbonyl (C=O) groups excluding carboxylic acids is 1. The molecule has 2 aliphatic rings. The maximum atomic E-state index is 12.8. The summed E-state index contributed by atoms with van der Waals surface area (Å²) < 4.78 is 2.47. The Morgan fingerprint density at radius 3 is 2.52 bits per heavy atom. The first kappa shape index (κ1) is 20.5. The molecule has 0 aliphatic carbocycles. The van der Waals surface area contributed by atoms with E-state index in [-0.39, 0.29) is 0 Å². The topological polar surface area (TPSA) is 44.6 Å². The number of aryl methyl sites for hydroxylation is 1. The number of pyridine rings is 1. The molecule has 0 N–H and O–H groups in total. The minimum absolute atomic E-state index is 0.303. The number of fused-ring (bicyclic) bond motifs is 5. The summed E-state index contributed by atoms with van der Waals surface area (Å²) in [6.45, 7) is 6.55. The zero-order valence-corrected chi connectivity index (χ0v) is 19.3. The molecule has 6 nitrogen and oxygen atoms in total. The molecule has 6 rings (SSSR count). The van der Waals surface area contributed by atoms with Crippen LogP contribution in [0, 0.1) is 0 Å². The number of carbonyl (C=O) groups is 1. The largest absolute Gasteiger partial charge is 0.369 e. The van der Waals surface area contributed by atoms with E-state index in [1.807, 2.05) is 4.90 Å². The lowest BCUT2D eigenvalue weighted by Gasteiger charge is -2.32. The molecular weight excluding hydrogens is 410 g/mol. The predicted octanol–water partition coefficient (Wildman–Crippen LogP) is 4.11. The summed E-state index contributed by atoms with van der Waals surface area (Å²) in [6, 6.07) is 17.1. The summed E-state index contributed by atoms with van der Waals surface area (Å²) in [6.07, 6.45) is 2.59. The number of piperazine rings is 1. The standard InChI is InChI=1S/C27H31N5O/c1-29-16-18-30(19-17-29)24(33)12-6-13-31-14-7-15-32-23-11-5-3-9-21(23)25-27(32)26(31)20-8-2-4-10-22(20)28-25/h2-5,8-11H,6-7,12-19H2,1H3. The van der Waals surface area contributed by atoms with Crippen LogP contribution in [-0.2, 0) is 11.3 Å². The van der Waals surface area contributed by atoms with Crippen LogP contribution < -0.4 is 4.90 Å². The lowest BCUT2D eigenvalue weighted by Crippen LogP contribution is -2.47. The van der Waals surface area contributed by atoms with E-state index in [0.29, 0.717) is 12.3 Å². The summed E-state index contributed by atoms with van der Waals surface area (Å²) in [5.74, 6) is 0.303. The second kappa shape index (κ2) is 8.34. The van der Waals surface area contributed by atoms with Crippen LogP contribution in [0.4, 0.5) is 5.69 Å². The fraction of sp³-hybridized carbons (Fsp3) is 0.407. The Morgan fingerprint density at radius 1 is 0.909 bits per heavy atom. The van der Waals surface area contributed by atoms with Crippen molar-refractivity contribution in [2.24, 2.45) is 0 Å². The van der Waals surface area contributed by atoms with Crippen molar-refractivity contribution in [2.45, 2.75) is 25.8 Å². The van der Waals surface area contributed by atoms with Gasteiger partial charge in [0.25, 0.3) is 0 Å². The minimum Gasteiger partial charge on any atom is -0.369 e. The Balaban J connectivity index is 1.35. The first-order valence-corrected chi connectivity index (χ1v) is 12.2. The number of benzene rings is 2. The van der Waals surface area contributed by atoms with E-state index in [9.17, 15) is 4.79 Å². The van der Waals surface area contributed by atoms with Gasteiger partial charge in [-0.2, -0.15) is 0 Å². The van der Waals surface area contributed by atoms with E-state index >= 15 is 0 Å². The van der Waals surface area contributed by atoms with E-state index in [0.717, 1.165) is 69.7 Å². The molecule has 1 amide bonds. The van der Waals surface area contributed by atoms with Crippen molar-refractivity contribution in [1.82, 2.24) is 19.4 Å². The van der Waals surface area contributed by atoms with Gasteiger partial charge in [-0.25, -0.2) is 4.98 Å². The van der Waals surface area contributed by atoms with Crippen molar-refractivity contribution >= 4 is 44.4 Å². The van der Waals surface area contributed by atoms with Crippen LogP contribution in [-0.4, -0.2) is 71.6 Å². The van der Waals surface area contributed by atoms with Gasteiger partial charge in [-0.1, -0.05) is 36.4 Å². The van der Waals surface area contributed by atoms with E-state index in [1.165, 1.54) is 27.5 Å². The summed E-state index contributed by atoms with van der Waals surface area (Å²) >= 11 is 0. The lowest BCUT2D eigenvalue weighted by molar-refractivity contribution is -0.132. The molecule has 33 heavy (non-hydrogen) atoms. The van der Waals surface area contributed by atoms with Gasteiger partial charge in [0.1, 0.15) is 0 Å². The molecule has 4 aromatic rings. The molecule has 0 atom stereocenters. The molecule has 0 bridgehead atoms. The smallest absolute Gasteiger partial charge is 0.222 e. The van der Waals surface area contributed by atoms with Gasteiger partial charge in [0.05, 0.1) is 27.8 Å². The van der Waals surface area contributed by atoms with Gasteiger partial charge >= 0.3 is 0 Å². The molecule has 0 spiro atoms. The second-order valence-electron chi connectivity index (χ2n) is 9.47. The minimum atomic E-state index is 0.303. The number of anilines is 1. The van der Waals surface area contributed by atoms with Gasteiger partial charge in [0, 0.05) is 63.0 Å². The molecule has 0 unspecified atom stereocenters. The van der Waals surface area contributed by atoms with E-state index in [1.54, 1.807) is 0 Å². The maximum absolute atomic E-state index is 12.8. The van der Waals surface area contributed by atoms with Crippen LogP contribution in [0.3, 0.4) is 0 Å². The normalized spacial score (nSPS) is 17.2. The first-order valence-electron chi connectivity index (χ1n) is 12.2. The van der Waals surface area contributed by atoms with Crippen molar-refractivity contribution in [3.63, 3.8) is 0 Å². The van der Waals surface area contributed by atoms with Crippen molar-refractivity contribution < 1.29 is 4.79 Å². The number of hydrogen-bond acceptors (Lipinski definition) is 4. The molecule has 0 radical (unpaired) electrons. The zero-order valence-electron chi connectivity index (χ0n) is 19.3. The quantitative estimate of drug-likeness (QED) is 0.478. The third kappa shape index (κ3) is 3.53. The highest BCUT2D eigenvalue weighted by Gasteiger charge is 2.25. The average molecular weight is 442 g/mol. The first-order chi connectivity index (χ1) is 16.2. The van der Waals surface area contributed by atoms with Crippen molar-refractivity contribution in [3.8, 4) is 0 Å². The highest BCUT2D eigenvalue weighted by Crippen LogP contribution is 2.40. The third-order valence-corrected chi connectivity index (χ3v) is 7.36. The second-order valence-corrected chi connectivity index (χ2v) is 9.47. The highest BCUT2D eigenvalue weighted by molar-refractivity contribution is 6.16. The van der Waals surface area contributed by atoms with Crippen LogP contribution in [0.15, 0.2) is 48.5 Å². The Kier molecular flexibility index (Phi) is 5.18. The van der Waals surface area contributed by atoms with Crippen molar-refractivity contribution in [1.29, 1.82) is 0 Å². The molecule has 2 aromatic heterocycles. The van der Waals surface area contributed by atoms with E-state index in [2.05, 4.69) is 69.9 Å². The van der Waals surface area contributed by atoms with Crippen LogP contribution in [0.25, 0.3) is 32.8 Å². The fourth-order valence-corrected chi connectivity index (χ4v) is 5.60. The summed E-state index contributed by atoms with van der Waals surface area (Å²) in [5.41, 5.74) is 5.95. The third-order valence-electron chi connectivity index (χ3n) is 7.36. The van der Waals surface area contributed by atoms with Gasteiger partial charge in [-0.05, 0) is 32.0 Å². The number of aromatic nitrogens is 2. The van der Waals surface area contributed by atoms with Gasteiger partial charge in [0.2, 0.25) is 5.91 Å². The molecule has 1 saturated heterocycles. The number of rotatable bonds is 4. The molecular formula is C27H31N5O. The Labute approximate surface area is 194 Å².